The van der Waals surface area contributed by atoms with E-state index in [0.29, 0.717) is 19.3 Å². The highest BCUT2D eigenvalue weighted by Crippen LogP contribution is 2.23. The van der Waals surface area contributed by atoms with Crippen LogP contribution in [-0.4, -0.2) is 24.4 Å². The Morgan fingerprint density at radius 3 is 2.48 bits per heavy atom. The van der Waals surface area contributed by atoms with Crippen LogP contribution in [0.2, 0.25) is 0 Å². The van der Waals surface area contributed by atoms with Crippen molar-refractivity contribution in [2.75, 3.05) is 11.4 Å². The van der Waals surface area contributed by atoms with Gasteiger partial charge in [0.15, 0.2) is 0 Å². The van der Waals surface area contributed by atoms with Crippen molar-refractivity contribution in [2.24, 2.45) is 5.73 Å². The lowest BCUT2D eigenvalue weighted by Gasteiger charge is -2.18. The molecule has 1 aliphatic heterocycles. The summed E-state index contributed by atoms with van der Waals surface area (Å²) in [7, 11) is 0. The van der Waals surface area contributed by atoms with E-state index in [2.05, 4.69) is 5.32 Å². The maximum atomic E-state index is 11.8. The number of amides is 2. The predicted octanol–water partition coefficient (Wildman–Crippen LogP) is 2.54. The van der Waals surface area contributed by atoms with Gasteiger partial charge in [0.1, 0.15) is 0 Å². The van der Waals surface area contributed by atoms with Crippen LogP contribution in [-0.2, 0) is 9.59 Å². The summed E-state index contributed by atoms with van der Waals surface area (Å²) in [5.74, 6) is 0.202. The smallest absolute Gasteiger partial charge is 0.227 e. The second-order valence-electron chi connectivity index (χ2n) is 6.05. The van der Waals surface area contributed by atoms with Crippen LogP contribution in [0.1, 0.15) is 51.1 Å². The summed E-state index contributed by atoms with van der Waals surface area (Å²) in [6, 6.07) is 7.82. The molecule has 2 amide bonds. The Hall–Kier alpha value is -1.59. The average Bonchev–Trinajstić information content (AvgIpc) is 2.91. The van der Waals surface area contributed by atoms with Gasteiger partial charge in [-0.15, -0.1) is 12.4 Å². The number of anilines is 1. The molecule has 2 unspecified atom stereocenters. The first kappa shape index (κ1) is 19.5. The number of nitrogens with one attached hydrogen (secondary N) is 1. The van der Waals surface area contributed by atoms with Crippen LogP contribution in [0.4, 0.5) is 5.69 Å². The van der Waals surface area contributed by atoms with Crippen LogP contribution in [0.15, 0.2) is 24.3 Å². The van der Waals surface area contributed by atoms with Crippen LogP contribution in [0.5, 0.6) is 0 Å². The van der Waals surface area contributed by atoms with E-state index < -0.39 is 0 Å². The van der Waals surface area contributed by atoms with Gasteiger partial charge in [-0.2, -0.15) is 0 Å². The molecule has 3 N–H and O–H groups in total. The summed E-state index contributed by atoms with van der Waals surface area (Å²) in [4.78, 5) is 25.4. The number of nitrogens with zero attached hydrogens (tertiary/aromatic N) is 1. The van der Waals surface area contributed by atoms with Gasteiger partial charge in [0.05, 0.1) is 6.04 Å². The van der Waals surface area contributed by atoms with Crippen molar-refractivity contribution in [3.8, 4) is 0 Å². The molecule has 23 heavy (non-hydrogen) atoms. The number of rotatable bonds is 6. The van der Waals surface area contributed by atoms with Gasteiger partial charge in [-0.25, -0.2) is 0 Å². The zero-order chi connectivity index (χ0) is 16.1. The summed E-state index contributed by atoms with van der Waals surface area (Å²) >= 11 is 0. The second-order valence-corrected chi connectivity index (χ2v) is 6.05. The summed E-state index contributed by atoms with van der Waals surface area (Å²) < 4.78 is 0. The lowest BCUT2D eigenvalue weighted by molar-refractivity contribution is -0.122. The maximum absolute atomic E-state index is 11.8. The van der Waals surface area contributed by atoms with Crippen LogP contribution in [0.25, 0.3) is 0 Å². The van der Waals surface area contributed by atoms with Gasteiger partial charge in [-0.1, -0.05) is 12.1 Å². The molecule has 1 saturated heterocycles. The normalized spacial score (nSPS) is 16.7. The molecule has 128 valence electrons. The van der Waals surface area contributed by atoms with Gasteiger partial charge in [-0.3, -0.25) is 9.59 Å². The van der Waals surface area contributed by atoms with Crippen molar-refractivity contribution in [1.29, 1.82) is 0 Å². The minimum absolute atomic E-state index is 0. The molecule has 0 bridgehead atoms. The number of hydrogen-bond acceptors (Lipinski definition) is 3. The molecule has 0 aliphatic carbocycles. The molecule has 2 atom stereocenters. The minimum atomic E-state index is -0.0519. The third kappa shape index (κ3) is 5.52. The molecule has 1 aliphatic rings. The third-order valence-corrected chi connectivity index (χ3v) is 3.98. The van der Waals surface area contributed by atoms with Crippen LogP contribution >= 0.6 is 12.4 Å². The first-order valence-electron chi connectivity index (χ1n) is 7.92. The van der Waals surface area contributed by atoms with Gasteiger partial charge in [0, 0.05) is 31.1 Å². The Labute approximate surface area is 144 Å². The fraction of sp³-hybridized carbons (Fsp3) is 0.529. The van der Waals surface area contributed by atoms with E-state index in [9.17, 15) is 9.59 Å². The van der Waals surface area contributed by atoms with Crippen molar-refractivity contribution in [2.45, 2.75) is 51.6 Å². The van der Waals surface area contributed by atoms with Crippen molar-refractivity contribution in [3.63, 3.8) is 0 Å². The Morgan fingerprint density at radius 1 is 1.30 bits per heavy atom. The topological polar surface area (TPSA) is 75.4 Å². The fourth-order valence-electron chi connectivity index (χ4n) is 2.62. The van der Waals surface area contributed by atoms with Gasteiger partial charge in [0.25, 0.3) is 0 Å². The molecule has 2 rings (SSSR count). The molecule has 1 aromatic carbocycles. The number of halogens is 1. The van der Waals surface area contributed by atoms with Gasteiger partial charge in [-0.05, 0) is 44.4 Å². The molecule has 0 radical (unpaired) electrons. The minimum Gasteiger partial charge on any atom is -0.350 e. The largest absolute Gasteiger partial charge is 0.350 e. The number of nitrogens with two attached hydrogens (primary N) is 1. The number of carbonyl (C=O) groups is 2. The molecule has 0 aromatic heterocycles. The standard InChI is InChI=1S/C17H25N3O2.ClH/c1-12(18)5-10-16(21)19-13(2)14-6-8-15(9-7-14)20-11-3-4-17(20)22;/h6-9,12-13H,3-5,10-11,18H2,1-2H3,(H,19,21);1H. The highest BCUT2D eigenvalue weighted by molar-refractivity contribution is 5.95. The highest BCUT2D eigenvalue weighted by atomic mass is 35.5. The molecule has 1 aromatic rings. The Morgan fingerprint density at radius 2 is 1.96 bits per heavy atom. The van der Waals surface area contributed by atoms with Gasteiger partial charge in [0.2, 0.25) is 11.8 Å². The van der Waals surface area contributed by atoms with E-state index in [4.69, 9.17) is 5.73 Å². The summed E-state index contributed by atoms with van der Waals surface area (Å²) in [6.45, 7) is 4.65. The van der Waals surface area contributed by atoms with Crippen LogP contribution in [0.3, 0.4) is 0 Å². The zero-order valence-electron chi connectivity index (χ0n) is 13.7. The predicted molar refractivity (Wildman–Crippen MR) is 94.7 cm³/mol. The van der Waals surface area contributed by atoms with Crippen LogP contribution < -0.4 is 16.0 Å². The Balaban J connectivity index is 0.00000264. The quantitative estimate of drug-likeness (QED) is 0.836. The van der Waals surface area contributed by atoms with E-state index in [1.54, 1.807) is 0 Å². The monoisotopic (exact) mass is 339 g/mol. The number of carbonyl (C=O) groups excluding carboxylic acids is 2. The van der Waals surface area contributed by atoms with E-state index >= 15 is 0 Å². The molecule has 0 spiro atoms. The number of benzene rings is 1. The Bertz CT molecular complexity index is 531. The van der Waals surface area contributed by atoms with E-state index in [-0.39, 0.29) is 36.3 Å². The first-order valence-corrected chi connectivity index (χ1v) is 7.92. The molecule has 0 saturated carbocycles. The lowest BCUT2D eigenvalue weighted by Crippen LogP contribution is -2.28. The van der Waals surface area contributed by atoms with Crippen molar-refractivity contribution in [1.82, 2.24) is 5.32 Å². The van der Waals surface area contributed by atoms with Crippen LogP contribution in [0, 0.1) is 0 Å². The van der Waals surface area contributed by atoms with E-state index in [0.717, 1.165) is 24.2 Å². The van der Waals surface area contributed by atoms with Crippen molar-refractivity contribution >= 4 is 29.9 Å². The maximum Gasteiger partial charge on any atom is 0.227 e. The molecule has 1 heterocycles. The molecular weight excluding hydrogens is 314 g/mol. The summed E-state index contributed by atoms with van der Waals surface area (Å²) in [6.07, 6.45) is 2.69. The van der Waals surface area contributed by atoms with Gasteiger partial charge >= 0.3 is 0 Å². The first-order chi connectivity index (χ1) is 10.5. The lowest BCUT2D eigenvalue weighted by atomic mass is 10.1. The summed E-state index contributed by atoms with van der Waals surface area (Å²) in [5.41, 5.74) is 7.62. The average molecular weight is 340 g/mol. The van der Waals surface area contributed by atoms with E-state index in [1.807, 2.05) is 43.0 Å². The SMILES string of the molecule is CC(N)CCC(=O)NC(C)c1ccc(N2CCCC2=O)cc1.Cl. The molecule has 5 nitrogen and oxygen atoms in total. The van der Waals surface area contributed by atoms with Gasteiger partial charge < -0.3 is 16.0 Å². The Kier molecular flexibility index (Phi) is 7.52. The van der Waals surface area contributed by atoms with E-state index in [1.165, 1.54) is 0 Å². The highest BCUT2D eigenvalue weighted by Gasteiger charge is 2.21. The molecule has 6 heteroatoms. The fourth-order valence-corrected chi connectivity index (χ4v) is 2.62. The summed E-state index contributed by atoms with van der Waals surface area (Å²) in [5, 5.41) is 2.97. The number of hydrogen-bond donors (Lipinski definition) is 2. The van der Waals surface area contributed by atoms with Crippen molar-refractivity contribution < 1.29 is 9.59 Å². The third-order valence-electron chi connectivity index (χ3n) is 3.98. The molecule has 1 fully saturated rings. The zero-order valence-corrected chi connectivity index (χ0v) is 14.6. The second kappa shape index (κ2) is 8.89. The molecular formula is C17H26ClN3O2. The van der Waals surface area contributed by atoms with Crippen molar-refractivity contribution in [3.05, 3.63) is 29.8 Å².